The Bertz CT molecular complexity index is 772. The van der Waals surface area contributed by atoms with Gasteiger partial charge < -0.3 is 10.1 Å². The van der Waals surface area contributed by atoms with E-state index in [1.807, 2.05) is 38.1 Å². The molecule has 0 aliphatic rings. The second-order valence-electron chi connectivity index (χ2n) is 5.75. The number of anilines is 3. The summed E-state index contributed by atoms with van der Waals surface area (Å²) in [5, 5.41) is 3.28. The summed E-state index contributed by atoms with van der Waals surface area (Å²) in [6, 6.07) is 14.7. The van der Waals surface area contributed by atoms with Gasteiger partial charge in [-0.25, -0.2) is 0 Å². The summed E-state index contributed by atoms with van der Waals surface area (Å²) < 4.78 is 33.0. The zero-order valence-electron chi connectivity index (χ0n) is 14.3. The van der Waals surface area contributed by atoms with E-state index in [9.17, 15) is 8.42 Å². The summed E-state index contributed by atoms with van der Waals surface area (Å²) in [5.41, 5.74) is 2.19. The summed E-state index contributed by atoms with van der Waals surface area (Å²) in [5.74, 6) is 0.768. The fraction of sp³-hybridized carbons (Fsp3) is 0.294. The Labute approximate surface area is 143 Å². The first-order valence-corrected chi connectivity index (χ1v) is 9.05. The molecule has 0 heterocycles. The molecule has 2 rings (SSSR count). The first-order valence-electron chi connectivity index (χ1n) is 7.61. The maximum atomic E-state index is 11.8. The van der Waals surface area contributed by atoms with E-state index in [-0.39, 0.29) is 6.10 Å². The van der Waals surface area contributed by atoms with Crippen molar-refractivity contribution in [3.8, 4) is 5.75 Å². The van der Waals surface area contributed by atoms with Crippen LogP contribution in [0, 0.1) is 0 Å². The highest BCUT2D eigenvalue weighted by Crippen LogP contribution is 2.28. The molecule has 2 N–H and O–H groups in total. The molecule has 0 spiro atoms. The molecule has 0 unspecified atom stereocenters. The number of nitrogens with zero attached hydrogens (tertiary/aromatic N) is 1. The van der Waals surface area contributed by atoms with Gasteiger partial charge in [0.2, 0.25) is 0 Å². The largest absolute Gasteiger partial charge is 0.489 e. The summed E-state index contributed by atoms with van der Waals surface area (Å²) in [7, 11) is -0.548. The third kappa shape index (κ3) is 4.87. The van der Waals surface area contributed by atoms with Gasteiger partial charge in [0.25, 0.3) is 0 Å². The van der Waals surface area contributed by atoms with E-state index >= 15 is 0 Å². The number of hydrogen-bond acceptors (Lipinski definition) is 4. The Morgan fingerprint density at radius 1 is 0.958 bits per heavy atom. The minimum absolute atomic E-state index is 0.0794. The molecule has 2 aromatic carbocycles. The normalized spacial score (nSPS) is 11.6. The molecule has 0 saturated heterocycles. The molecule has 0 bridgehead atoms. The summed E-state index contributed by atoms with van der Waals surface area (Å²) >= 11 is 0. The predicted molar refractivity (Wildman–Crippen MR) is 98.2 cm³/mol. The quantitative estimate of drug-likeness (QED) is 0.803. The Kier molecular flexibility index (Phi) is 5.69. The molecule has 6 nitrogen and oxygen atoms in total. The van der Waals surface area contributed by atoms with Crippen LogP contribution in [0.3, 0.4) is 0 Å². The van der Waals surface area contributed by atoms with Crippen molar-refractivity contribution in [2.75, 3.05) is 24.1 Å². The Balaban J connectivity index is 2.13. The van der Waals surface area contributed by atoms with Crippen LogP contribution in [-0.2, 0) is 10.2 Å². The van der Waals surface area contributed by atoms with E-state index in [2.05, 4.69) is 10.0 Å². The number of rotatable bonds is 7. The van der Waals surface area contributed by atoms with Crippen LogP contribution in [0.4, 0.5) is 17.1 Å². The minimum Gasteiger partial charge on any atom is -0.489 e. The number of hydrogen-bond donors (Lipinski definition) is 2. The molecule has 24 heavy (non-hydrogen) atoms. The van der Waals surface area contributed by atoms with Gasteiger partial charge in [0, 0.05) is 25.5 Å². The third-order valence-corrected chi connectivity index (χ3v) is 4.60. The second kappa shape index (κ2) is 7.55. The average molecular weight is 349 g/mol. The number of benzene rings is 2. The lowest BCUT2D eigenvalue weighted by Crippen LogP contribution is -2.28. The van der Waals surface area contributed by atoms with Crippen LogP contribution in [0.25, 0.3) is 0 Å². The molecule has 2 aromatic rings. The molecule has 0 amide bonds. The fourth-order valence-electron chi connectivity index (χ4n) is 1.94. The van der Waals surface area contributed by atoms with Gasteiger partial charge in [-0.3, -0.25) is 4.72 Å². The summed E-state index contributed by atoms with van der Waals surface area (Å²) in [6.07, 6.45) is 0.0794. The molecule has 0 aliphatic heterocycles. The SMILES string of the molecule is CC(C)Oc1ccccc1Nc1ccc(NS(=O)(=O)N(C)C)cc1. The molecule has 7 heteroatoms. The van der Waals surface area contributed by atoms with Crippen LogP contribution >= 0.6 is 0 Å². The highest BCUT2D eigenvalue weighted by molar-refractivity contribution is 7.90. The summed E-state index contributed by atoms with van der Waals surface area (Å²) in [4.78, 5) is 0. The monoisotopic (exact) mass is 349 g/mol. The van der Waals surface area contributed by atoms with Gasteiger partial charge in [-0.05, 0) is 50.2 Å². The summed E-state index contributed by atoms with van der Waals surface area (Å²) in [6.45, 7) is 3.95. The van der Waals surface area contributed by atoms with Crippen molar-refractivity contribution in [2.45, 2.75) is 20.0 Å². The number of ether oxygens (including phenoxy) is 1. The van der Waals surface area contributed by atoms with Gasteiger partial charge in [-0.15, -0.1) is 0 Å². The standard InChI is InChI=1S/C17H23N3O3S/c1-13(2)23-17-8-6-5-7-16(17)18-14-9-11-15(12-10-14)19-24(21,22)20(3)4/h5-13,18-19H,1-4H3. The van der Waals surface area contributed by atoms with Crippen LogP contribution < -0.4 is 14.8 Å². The van der Waals surface area contributed by atoms with Gasteiger partial charge in [0.05, 0.1) is 11.8 Å². The zero-order chi connectivity index (χ0) is 17.7. The molecular weight excluding hydrogens is 326 g/mol. The highest BCUT2D eigenvalue weighted by Gasteiger charge is 2.12. The molecule has 130 valence electrons. The van der Waals surface area contributed by atoms with E-state index in [1.165, 1.54) is 14.1 Å². The fourth-order valence-corrected chi connectivity index (χ4v) is 2.56. The smallest absolute Gasteiger partial charge is 0.301 e. The lowest BCUT2D eigenvalue weighted by molar-refractivity contribution is 0.244. The van der Waals surface area contributed by atoms with Crippen LogP contribution in [-0.4, -0.2) is 32.9 Å². The van der Waals surface area contributed by atoms with Crippen molar-refractivity contribution >= 4 is 27.3 Å². The van der Waals surface area contributed by atoms with Gasteiger partial charge in [-0.2, -0.15) is 12.7 Å². The van der Waals surface area contributed by atoms with Crippen molar-refractivity contribution in [3.63, 3.8) is 0 Å². The number of para-hydroxylation sites is 2. The third-order valence-electron chi connectivity index (χ3n) is 3.14. The van der Waals surface area contributed by atoms with Gasteiger partial charge >= 0.3 is 10.2 Å². The van der Waals surface area contributed by atoms with Crippen LogP contribution in [0.15, 0.2) is 48.5 Å². The molecule has 0 fully saturated rings. The van der Waals surface area contributed by atoms with Crippen LogP contribution in [0.5, 0.6) is 5.75 Å². The predicted octanol–water partition coefficient (Wildman–Crippen LogP) is 3.44. The van der Waals surface area contributed by atoms with E-state index in [0.29, 0.717) is 5.69 Å². The van der Waals surface area contributed by atoms with Crippen LogP contribution in [0.2, 0.25) is 0 Å². The van der Waals surface area contributed by atoms with Gasteiger partial charge in [0.1, 0.15) is 5.75 Å². The maximum absolute atomic E-state index is 11.8. The first-order chi connectivity index (χ1) is 11.3. The van der Waals surface area contributed by atoms with E-state index in [0.717, 1.165) is 21.4 Å². The van der Waals surface area contributed by atoms with E-state index in [1.54, 1.807) is 24.3 Å². The van der Waals surface area contributed by atoms with Gasteiger partial charge in [-0.1, -0.05) is 12.1 Å². The Morgan fingerprint density at radius 2 is 1.54 bits per heavy atom. The molecule has 0 saturated carbocycles. The molecule has 0 aromatic heterocycles. The van der Waals surface area contributed by atoms with Crippen molar-refractivity contribution in [1.29, 1.82) is 0 Å². The lowest BCUT2D eigenvalue weighted by Gasteiger charge is -2.16. The molecule has 0 radical (unpaired) electrons. The van der Waals surface area contributed by atoms with E-state index in [4.69, 9.17) is 4.74 Å². The lowest BCUT2D eigenvalue weighted by atomic mass is 10.2. The second-order valence-corrected chi connectivity index (χ2v) is 7.64. The first kappa shape index (κ1) is 18.1. The van der Waals surface area contributed by atoms with Crippen molar-refractivity contribution < 1.29 is 13.2 Å². The molecule has 0 aliphatic carbocycles. The maximum Gasteiger partial charge on any atom is 0.301 e. The Hall–Kier alpha value is -2.25. The Morgan fingerprint density at radius 3 is 2.12 bits per heavy atom. The average Bonchev–Trinajstić information content (AvgIpc) is 2.50. The topological polar surface area (TPSA) is 70.7 Å². The van der Waals surface area contributed by atoms with E-state index < -0.39 is 10.2 Å². The van der Waals surface area contributed by atoms with Crippen molar-refractivity contribution in [3.05, 3.63) is 48.5 Å². The van der Waals surface area contributed by atoms with Crippen molar-refractivity contribution in [2.24, 2.45) is 0 Å². The van der Waals surface area contributed by atoms with Crippen LogP contribution in [0.1, 0.15) is 13.8 Å². The van der Waals surface area contributed by atoms with Crippen molar-refractivity contribution in [1.82, 2.24) is 4.31 Å². The number of nitrogens with one attached hydrogen (secondary N) is 2. The molecular formula is C17H23N3O3S. The van der Waals surface area contributed by atoms with Gasteiger partial charge in [0.15, 0.2) is 0 Å². The highest BCUT2D eigenvalue weighted by atomic mass is 32.2. The minimum atomic E-state index is -3.50. The molecule has 0 atom stereocenters. The zero-order valence-corrected chi connectivity index (χ0v) is 15.1.